The van der Waals surface area contributed by atoms with Crippen molar-refractivity contribution in [2.45, 2.75) is 13.0 Å². The molecule has 0 aromatic heterocycles. The van der Waals surface area contributed by atoms with Crippen molar-refractivity contribution in [3.8, 4) is 5.75 Å². The third kappa shape index (κ3) is 6.18. The first-order valence-corrected chi connectivity index (χ1v) is 11.1. The third-order valence-electron chi connectivity index (χ3n) is 4.93. The number of hydrogen-bond donors (Lipinski definition) is 2. The molecule has 0 fully saturated rings. The third-order valence-corrected chi connectivity index (χ3v) is 5.62. The number of carbonyl (C=O) groups is 2. The number of nitrogens with zero attached hydrogens (tertiary/aromatic N) is 1. The van der Waals surface area contributed by atoms with Crippen LogP contribution in [0.4, 0.5) is 5.69 Å². The minimum absolute atomic E-state index is 0.0799. The average Bonchev–Trinajstić information content (AvgIpc) is 2.82. The van der Waals surface area contributed by atoms with Crippen LogP contribution < -0.4 is 15.8 Å². The number of halogens is 1. The molecule has 3 N–H and O–H groups in total. The number of amides is 2. The van der Waals surface area contributed by atoms with Gasteiger partial charge in [0.25, 0.3) is 11.8 Å². The van der Waals surface area contributed by atoms with Crippen LogP contribution in [0.2, 0.25) is 0 Å². The van der Waals surface area contributed by atoms with Crippen molar-refractivity contribution in [1.82, 2.24) is 4.90 Å². The highest BCUT2D eigenvalue weighted by molar-refractivity contribution is 9.10. The van der Waals surface area contributed by atoms with Crippen LogP contribution >= 0.6 is 15.9 Å². The first-order chi connectivity index (χ1) is 15.5. The topological polar surface area (TPSA) is 84.7 Å². The Morgan fingerprint density at radius 2 is 1.78 bits per heavy atom. The van der Waals surface area contributed by atoms with Gasteiger partial charge < -0.3 is 20.7 Å². The molecule has 0 atom stereocenters. The summed E-state index contributed by atoms with van der Waals surface area (Å²) in [7, 11) is 1.59. The summed E-state index contributed by atoms with van der Waals surface area (Å²) in [5.41, 5.74) is 8.40. The molecule has 0 saturated heterocycles. The molecule has 166 valence electrons. The van der Waals surface area contributed by atoms with Gasteiger partial charge in [-0.15, -0.1) is 0 Å². The molecular weight excluding hydrogens is 470 g/mol. The van der Waals surface area contributed by atoms with Crippen LogP contribution in [-0.2, 0) is 6.54 Å². The maximum Gasteiger partial charge on any atom is 0.256 e. The Bertz CT molecular complexity index is 1070. The van der Waals surface area contributed by atoms with E-state index in [4.69, 9.17) is 10.5 Å². The van der Waals surface area contributed by atoms with E-state index in [9.17, 15) is 9.59 Å². The minimum Gasteiger partial charge on any atom is -0.497 e. The van der Waals surface area contributed by atoms with Crippen molar-refractivity contribution >= 4 is 33.4 Å². The number of nitrogens with one attached hydrogen (secondary N) is 1. The van der Waals surface area contributed by atoms with Crippen molar-refractivity contribution in [3.05, 3.63) is 94.0 Å². The molecule has 7 heteroatoms. The quantitative estimate of drug-likeness (QED) is 0.450. The van der Waals surface area contributed by atoms with E-state index in [-0.39, 0.29) is 11.8 Å². The van der Waals surface area contributed by atoms with Crippen molar-refractivity contribution < 1.29 is 14.3 Å². The Balaban J connectivity index is 1.75. The predicted octanol–water partition coefficient (Wildman–Crippen LogP) is 4.70. The van der Waals surface area contributed by atoms with E-state index in [2.05, 4.69) is 21.2 Å². The summed E-state index contributed by atoms with van der Waals surface area (Å²) in [6, 6.07) is 21.8. The molecule has 3 aromatic carbocycles. The van der Waals surface area contributed by atoms with E-state index >= 15 is 0 Å². The van der Waals surface area contributed by atoms with Crippen molar-refractivity contribution in [1.29, 1.82) is 0 Å². The highest BCUT2D eigenvalue weighted by atomic mass is 79.9. The van der Waals surface area contributed by atoms with Crippen LogP contribution in [0.15, 0.2) is 77.3 Å². The van der Waals surface area contributed by atoms with Crippen LogP contribution in [0.3, 0.4) is 0 Å². The van der Waals surface area contributed by atoms with E-state index in [1.807, 2.05) is 42.5 Å². The fraction of sp³-hybridized carbons (Fsp3) is 0.200. The molecule has 3 aromatic rings. The standard InChI is InChI=1S/C25H26BrN3O3/c1-32-21-12-10-19(11-13-21)25(31)29(15-5-14-27)17-18-6-4-7-20(16-18)28-24(30)22-8-2-3-9-23(22)26/h2-4,6-13,16H,5,14-15,17,27H2,1H3,(H,28,30). The lowest BCUT2D eigenvalue weighted by molar-refractivity contribution is 0.0742. The highest BCUT2D eigenvalue weighted by Gasteiger charge is 2.17. The second-order valence-corrected chi connectivity index (χ2v) is 8.09. The molecule has 0 saturated carbocycles. The summed E-state index contributed by atoms with van der Waals surface area (Å²) in [4.78, 5) is 27.5. The SMILES string of the molecule is COc1ccc(C(=O)N(CCCN)Cc2cccc(NC(=O)c3ccccc3Br)c2)cc1. The van der Waals surface area contributed by atoms with Gasteiger partial charge in [0.15, 0.2) is 0 Å². The zero-order valence-corrected chi connectivity index (χ0v) is 19.5. The Hall–Kier alpha value is -3.16. The molecule has 2 amide bonds. The summed E-state index contributed by atoms with van der Waals surface area (Å²) >= 11 is 3.41. The minimum atomic E-state index is -0.205. The van der Waals surface area contributed by atoms with E-state index in [0.717, 1.165) is 10.0 Å². The normalized spacial score (nSPS) is 10.5. The largest absolute Gasteiger partial charge is 0.497 e. The summed E-state index contributed by atoms with van der Waals surface area (Å²) in [5.74, 6) is 0.413. The van der Waals surface area contributed by atoms with Gasteiger partial charge in [0.05, 0.1) is 12.7 Å². The lowest BCUT2D eigenvalue weighted by atomic mass is 10.1. The van der Waals surface area contributed by atoms with Crippen molar-refractivity contribution in [2.24, 2.45) is 5.73 Å². The van der Waals surface area contributed by atoms with Crippen LogP contribution in [0.25, 0.3) is 0 Å². The monoisotopic (exact) mass is 495 g/mol. The van der Waals surface area contributed by atoms with Gasteiger partial charge in [0.1, 0.15) is 5.75 Å². The molecular formula is C25H26BrN3O3. The number of ether oxygens (including phenoxy) is 1. The van der Waals surface area contributed by atoms with Crippen molar-refractivity contribution in [2.75, 3.05) is 25.5 Å². The molecule has 0 spiro atoms. The number of hydrogen-bond acceptors (Lipinski definition) is 4. The highest BCUT2D eigenvalue weighted by Crippen LogP contribution is 2.20. The smallest absolute Gasteiger partial charge is 0.256 e. The Kier molecular flexibility index (Phi) is 8.41. The van der Waals surface area contributed by atoms with E-state index < -0.39 is 0 Å². The van der Waals surface area contributed by atoms with Gasteiger partial charge in [-0.1, -0.05) is 24.3 Å². The van der Waals surface area contributed by atoms with Crippen LogP contribution in [-0.4, -0.2) is 36.9 Å². The molecule has 0 aliphatic carbocycles. The Morgan fingerprint density at radius 3 is 2.47 bits per heavy atom. The van der Waals surface area contributed by atoms with E-state index in [0.29, 0.717) is 48.6 Å². The molecule has 0 aliphatic rings. The van der Waals surface area contributed by atoms with Gasteiger partial charge in [0.2, 0.25) is 0 Å². The van der Waals surface area contributed by atoms with Gasteiger partial charge >= 0.3 is 0 Å². The molecule has 0 aliphatic heterocycles. The van der Waals surface area contributed by atoms with Crippen LogP contribution in [0.5, 0.6) is 5.75 Å². The first-order valence-electron chi connectivity index (χ1n) is 10.3. The summed E-state index contributed by atoms with van der Waals surface area (Å²) in [5, 5.41) is 2.92. The molecule has 0 bridgehead atoms. The number of rotatable bonds is 9. The van der Waals surface area contributed by atoms with E-state index in [1.54, 1.807) is 42.3 Å². The zero-order valence-electron chi connectivity index (χ0n) is 17.9. The van der Waals surface area contributed by atoms with Gasteiger partial charge in [0, 0.05) is 28.8 Å². The lowest BCUT2D eigenvalue weighted by Crippen LogP contribution is -2.32. The number of benzene rings is 3. The van der Waals surface area contributed by atoms with Gasteiger partial charge in [-0.3, -0.25) is 9.59 Å². The maximum atomic E-state index is 13.1. The number of methoxy groups -OCH3 is 1. The Morgan fingerprint density at radius 1 is 1.03 bits per heavy atom. The van der Waals surface area contributed by atoms with Crippen molar-refractivity contribution in [3.63, 3.8) is 0 Å². The summed E-state index contributed by atoms with van der Waals surface area (Å²) in [6.45, 7) is 1.44. The fourth-order valence-electron chi connectivity index (χ4n) is 3.26. The second kappa shape index (κ2) is 11.5. The maximum absolute atomic E-state index is 13.1. The number of nitrogens with two attached hydrogens (primary N) is 1. The predicted molar refractivity (Wildman–Crippen MR) is 130 cm³/mol. The van der Waals surface area contributed by atoms with Crippen LogP contribution in [0, 0.1) is 0 Å². The molecule has 0 radical (unpaired) electrons. The summed E-state index contributed by atoms with van der Waals surface area (Å²) in [6.07, 6.45) is 0.695. The molecule has 0 heterocycles. The van der Waals surface area contributed by atoms with Gasteiger partial charge in [-0.25, -0.2) is 0 Å². The molecule has 6 nitrogen and oxygen atoms in total. The van der Waals surface area contributed by atoms with Gasteiger partial charge in [-0.2, -0.15) is 0 Å². The second-order valence-electron chi connectivity index (χ2n) is 7.23. The number of anilines is 1. The molecule has 3 rings (SSSR count). The molecule has 32 heavy (non-hydrogen) atoms. The number of carbonyl (C=O) groups excluding carboxylic acids is 2. The Labute approximate surface area is 196 Å². The fourth-order valence-corrected chi connectivity index (χ4v) is 3.73. The lowest BCUT2D eigenvalue weighted by Gasteiger charge is -2.23. The first kappa shape index (κ1) is 23.5. The van der Waals surface area contributed by atoms with E-state index in [1.165, 1.54) is 0 Å². The van der Waals surface area contributed by atoms with Gasteiger partial charge in [-0.05, 0) is 83.0 Å². The van der Waals surface area contributed by atoms with Crippen LogP contribution in [0.1, 0.15) is 32.7 Å². The average molecular weight is 496 g/mol. The zero-order chi connectivity index (χ0) is 22.9. The summed E-state index contributed by atoms with van der Waals surface area (Å²) < 4.78 is 5.90. The molecule has 0 unspecified atom stereocenters.